The highest BCUT2D eigenvalue weighted by atomic mass is 32.1. The summed E-state index contributed by atoms with van der Waals surface area (Å²) in [6.07, 6.45) is 0.993. The van der Waals surface area contributed by atoms with E-state index in [0.717, 1.165) is 18.8 Å². The molecule has 6 heavy (non-hydrogen) atoms. The van der Waals surface area contributed by atoms with Crippen LogP contribution >= 0.6 is 12.6 Å². The summed E-state index contributed by atoms with van der Waals surface area (Å²) in [5, 5.41) is 0. The van der Waals surface area contributed by atoms with Gasteiger partial charge in [0.25, 0.3) is 0 Å². The minimum Gasteiger partial charge on any atom is -0.379 e. The number of rotatable bonds is 3. The lowest BCUT2D eigenvalue weighted by Crippen LogP contribution is -1.84. The van der Waals surface area contributed by atoms with E-state index in [4.69, 9.17) is 0 Å². The van der Waals surface area contributed by atoms with E-state index in [1.165, 1.54) is 0 Å². The van der Waals surface area contributed by atoms with Crippen LogP contribution < -0.4 is 0 Å². The van der Waals surface area contributed by atoms with Gasteiger partial charge in [0.2, 0.25) is 0 Å². The van der Waals surface area contributed by atoms with Crippen LogP contribution in [0, 0.1) is 7.11 Å². The summed E-state index contributed by atoms with van der Waals surface area (Å²) in [6.45, 7) is 0.726. The quantitative estimate of drug-likeness (QED) is 0.418. The molecule has 0 aromatic rings. The second-order valence-electron chi connectivity index (χ2n) is 0.985. The van der Waals surface area contributed by atoms with Gasteiger partial charge in [-0.05, 0) is 12.2 Å². The molecule has 0 bridgehead atoms. The van der Waals surface area contributed by atoms with E-state index in [1.807, 2.05) is 0 Å². The third kappa shape index (κ3) is 4.31. The van der Waals surface area contributed by atoms with E-state index in [1.54, 1.807) is 0 Å². The second kappa shape index (κ2) is 5.31. The van der Waals surface area contributed by atoms with Crippen LogP contribution in [0.1, 0.15) is 6.42 Å². The molecule has 0 saturated carbocycles. The molecule has 0 fully saturated rings. The third-order valence-electron chi connectivity index (χ3n) is 0.447. The first-order chi connectivity index (χ1) is 2.91. The van der Waals surface area contributed by atoms with Crippen molar-refractivity contribution in [2.75, 3.05) is 12.4 Å². The summed E-state index contributed by atoms with van der Waals surface area (Å²) in [5.74, 6) is 0.884. The van der Waals surface area contributed by atoms with Gasteiger partial charge in [-0.3, -0.25) is 0 Å². The molecule has 0 aromatic carbocycles. The highest BCUT2D eigenvalue weighted by Gasteiger charge is 1.75. The predicted octanol–water partition coefficient (Wildman–Crippen LogP) is 1.11. The fourth-order valence-electron chi connectivity index (χ4n) is 0.167. The maximum atomic E-state index is 4.48. The third-order valence-corrected chi connectivity index (χ3v) is 0.763. The Morgan fingerprint density at radius 1 is 1.67 bits per heavy atom. The minimum absolute atomic E-state index is 0.726. The first-order valence-electron chi connectivity index (χ1n) is 1.89. The normalized spacial score (nSPS) is 9.00. The molecular formula is C4H9OS. The molecule has 0 unspecified atom stereocenters. The van der Waals surface area contributed by atoms with Crippen molar-refractivity contribution in [3.05, 3.63) is 7.11 Å². The Morgan fingerprint density at radius 2 is 2.33 bits per heavy atom. The van der Waals surface area contributed by atoms with Crippen molar-refractivity contribution in [1.29, 1.82) is 0 Å². The Labute approximate surface area is 44.1 Å². The standard InChI is InChI=1S/C4H9OS/c1-5-3-2-4-6/h6H,1-4H2. The summed E-state index contributed by atoms with van der Waals surface area (Å²) >= 11 is 3.95. The van der Waals surface area contributed by atoms with Crippen molar-refractivity contribution in [2.45, 2.75) is 6.42 Å². The average Bonchev–Trinajstić information content (AvgIpc) is 1.61. The van der Waals surface area contributed by atoms with E-state index in [0.29, 0.717) is 0 Å². The topological polar surface area (TPSA) is 9.23 Å². The Balaban J connectivity index is 2.34. The molecule has 0 amide bonds. The van der Waals surface area contributed by atoms with Gasteiger partial charge in [-0.1, -0.05) is 0 Å². The highest BCUT2D eigenvalue weighted by Crippen LogP contribution is 1.81. The maximum absolute atomic E-state index is 4.48. The minimum atomic E-state index is 0.726. The SMILES string of the molecule is [CH2]OCCCS. The zero-order valence-electron chi connectivity index (χ0n) is 3.68. The van der Waals surface area contributed by atoms with Crippen molar-refractivity contribution >= 4 is 12.6 Å². The molecule has 0 aliphatic carbocycles. The summed E-state index contributed by atoms with van der Waals surface area (Å²) in [5.41, 5.74) is 0. The molecule has 0 spiro atoms. The molecule has 0 aliphatic heterocycles. The molecule has 2 heteroatoms. The molecule has 0 aliphatic rings. The van der Waals surface area contributed by atoms with Crippen LogP contribution in [0.15, 0.2) is 0 Å². The van der Waals surface area contributed by atoms with Gasteiger partial charge in [0, 0.05) is 6.61 Å². The van der Waals surface area contributed by atoms with Gasteiger partial charge in [0.05, 0.1) is 7.11 Å². The maximum Gasteiger partial charge on any atom is 0.0700 e. The van der Waals surface area contributed by atoms with Crippen molar-refractivity contribution in [3.63, 3.8) is 0 Å². The summed E-state index contributed by atoms with van der Waals surface area (Å²) in [4.78, 5) is 0. The van der Waals surface area contributed by atoms with Crippen molar-refractivity contribution in [3.8, 4) is 0 Å². The molecule has 1 radical (unpaired) electrons. The smallest absolute Gasteiger partial charge is 0.0700 e. The Hall–Kier alpha value is 0.310. The summed E-state index contributed by atoms with van der Waals surface area (Å²) in [6, 6.07) is 0. The number of thiol groups is 1. The summed E-state index contributed by atoms with van der Waals surface area (Å²) in [7, 11) is 3.19. The Kier molecular flexibility index (Phi) is 5.58. The van der Waals surface area contributed by atoms with E-state index in [2.05, 4.69) is 24.5 Å². The first kappa shape index (κ1) is 6.31. The van der Waals surface area contributed by atoms with Crippen LogP contribution in [0.2, 0.25) is 0 Å². The molecule has 0 saturated heterocycles. The van der Waals surface area contributed by atoms with E-state index < -0.39 is 0 Å². The molecule has 1 nitrogen and oxygen atoms in total. The van der Waals surface area contributed by atoms with E-state index >= 15 is 0 Å². The zero-order valence-corrected chi connectivity index (χ0v) is 4.58. The molecule has 37 valence electrons. The lowest BCUT2D eigenvalue weighted by Gasteiger charge is -1.88. The first-order valence-corrected chi connectivity index (χ1v) is 2.53. The number of hydrogen-bond donors (Lipinski definition) is 1. The molecule has 0 heterocycles. The van der Waals surface area contributed by atoms with Gasteiger partial charge in [-0.25, -0.2) is 0 Å². The van der Waals surface area contributed by atoms with Crippen LogP contribution in [0.5, 0.6) is 0 Å². The van der Waals surface area contributed by atoms with E-state index in [9.17, 15) is 0 Å². The Morgan fingerprint density at radius 3 is 2.50 bits per heavy atom. The molecular weight excluding hydrogens is 96.1 g/mol. The fraction of sp³-hybridized carbons (Fsp3) is 0.750. The average molecular weight is 105 g/mol. The van der Waals surface area contributed by atoms with Gasteiger partial charge in [-0.2, -0.15) is 12.6 Å². The fourth-order valence-corrected chi connectivity index (χ4v) is 0.296. The lowest BCUT2D eigenvalue weighted by molar-refractivity contribution is 0.244. The van der Waals surface area contributed by atoms with Gasteiger partial charge in [-0.15, -0.1) is 0 Å². The van der Waals surface area contributed by atoms with Gasteiger partial charge < -0.3 is 4.74 Å². The van der Waals surface area contributed by atoms with Gasteiger partial charge in [0.1, 0.15) is 0 Å². The second-order valence-corrected chi connectivity index (χ2v) is 1.43. The van der Waals surface area contributed by atoms with Crippen LogP contribution in [0.25, 0.3) is 0 Å². The summed E-state index contributed by atoms with van der Waals surface area (Å²) < 4.78 is 4.48. The van der Waals surface area contributed by atoms with Crippen LogP contribution in [0.3, 0.4) is 0 Å². The van der Waals surface area contributed by atoms with Crippen molar-refractivity contribution in [1.82, 2.24) is 0 Å². The zero-order chi connectivity index (χ0) is 4.83. The number of ether oxygens (including phenoxy) is 1. The molecule has 0 atom stereocenters. The van der Waals surface area contributed by atoms with Crippen LogP contribution in [-0.2, 0) is 4.74 Å². The van der Waals surface area contributed by atoms with Crippen molar-refractivity contribution in [2.24, 2.45) is 0 Å². The van der Waals surface area contributed by atoms with E-state index in [-0.39, 0.29) is 0 Å². The van der Waals surface area contributed by atoms with Crippen molar-refractivity contribution < 1.29 is 4.74 Å². The van der Waals surface area contributed by atoms with Gasteiger partial charge in [0.15, 0.2) is 0 Å². The van der Waals surface area contributed by atoms with Gasteiger partial charge >= 0.3 is 0 Å². The largest absolute Gasteiger partial charge is 0.379 e. The Bertz CT molecular complexity index is 19.5. The van der Waals surface area contributed by atoms with Crippen LogP contribution in [0.4, 0.5) is 0 Å². The molecule has 0 N–H and O–H groups in total. The van der Waals surface area contributed by atoms with Crippen LogP contribution in [-0.4, -0.2) is 12.4 Å². The molecule has 0 rings (SSSR count). The monoisotopic (exact) mass is 105 g/mol. The highest BCUT2D eigenvalue weighted by molar-refractivity contribution is 7.80. The number of hydrogen-bond acceptors (Lipinski definition) is 2. The lowest BCUT2D eigenvalue weighted by atomic mass is 10.5. The molecule has 0 aromatic heterocycles. The predicted molar refractivity (Wildman–Crippen MR) is 29.8 cm³/mol.